The van der Waals surface area contributed by atoms with Gasteiger partial charge in [-0.25, -0.2) is 0 Å². The highest BCUT2D eigenvalue weighted by atomic mass is 31.2. The molecule has 0 spiro atoms. The van der Waals surface area contributed by atoms with Crippen molar-refractivity contribution < 1.29 is 32.9 Å². The quantitative estimate of drug-likeness (QED) is 0.119. The number of hydrogen-bond acceptors (Lipinski definition) is 6. The third-order valence-electron chi connectivity index (χ3n) is 5.85. The lowest BCUT2D eigenvalue weighted by Crippen LogP contribution is -2.46. The molecule has 1 amide bonds. The van der Waals surface area contributed by atoms with E-state index < -0.39 is 20.0 Å². The number of rotatable bonds is 23. The zero-order valence-corrected chi connectivity index (χ0v) is 23.5. The Morgan fingerprint density at radius 3 is 2.00 bits per heavy atom. The molecular weight excluding hydrogens is 455 g/mol. The number of phosphoric acid groups is 1. The molecule has 3 atom stereocenters. The van der Waals surface area contributed by atoms with Crippen LogP contribution in [0.4, 0.5) is 0 Å². The minimum atomic E-state index is -4.52. The van der Waals surface area contributed by atoms with E-state index in [0.717, 1.165) is 38.5 Å². The highest BCUT2D eigenvalue weighted by Gasteiger charge is 2.24. The van der Waals surface area contributed by atoms with Crippen LogP contribution in [0.2, 0.25) is 0 Å². The van der Waals surface area contributed by atoms with Gasteiger partial charge in [0.15, 0.2) is 0 Å². The fourth-order valence-electron chi connectivity index (χ4n) is 3.56. The average Bonchev–Trinajstić information content (AvgIpc) is 2.74. The zero-order chi connectivity index (χ0) is 25.9. The maximum absolute atomic E-state index is 12.3. The number of phosphoric ester groups is 1. The maximum atomic E-state index is 12.3. The lowest BCUT2D eigenvalue weighted by atomic mass is 10.0. The van der Waals surface area contributed by atoms with Crippen molar-refractivity contribution in [3.05, 3.63) is 0 Å². The highest BCUT2D eigenvalue weighted by molar-refractivity contribution is 7.45. The van der Waals surface area contributed by atoms with Crippen LogP contribution in [0.5, 0.6) is 0 Å². The van der Waals surface area contributed by atoms with Crippen LogP contribution in [-0.2, 0) is 18.4 Å². The van der Waals surface area contributed by atoms with Crippen LogP contribution >= 0.6 is 7.82 Å². The number of nitrogens with zero attached hydrogens (tertiary/aromatic N) is 1. The fraction of sp³-hybridized carbons (Fsp3) is 0.960. The number of hydrogen-bond donors (Lipinski definition) is 2. The van der Waals surface area contributed by atoms with Crippen LogP contribution in [0.25, 0.3) is 0 Å². The van der Waals surface area contributed by atoms with E-state index in [1.54, 1.807) is 0 Å². The topological polar surface area (TPSA) is 108 Å². The number of quaternary nitrogens is 1. The Balaban J connectivity index is 4.55. The van der Waals surface area contributed by atoms with Gasteiger partial charge in [0.05, 0.1) is 39.9 Å². The molecule has 0 aliphatic carbocycles. The lowest BCUT2D eigenvalue weighted by molar-refractivity contribution is -0.870. The summed E-state index contributed by atoms with van der Waals surface area (Å²) in [6.07, 6.45) is 13.2. The van der Waals surface area contributed by atoms with Gasteiger partial charge in [-0.2, -0.15) is 0 Å². The van der Waals surface area contributed by atoms with E-state index in [0.29, 0.717) is 23.9 Å². The molecule has 8 nitrogen and oxygen atoms in total. The molecule has 3 unspecified atom stereocenters. The van der Waals surface area contributed by atoms with Crippen LogP contribution in [0, 0.1) is 0 Å². The van der Waals surface area contributed by atoms with Gasteiger partial charge in [0.25, 0.3) is 7.82 Å². The van der Waals surface area contributed by atoms with Crippen LogP contribution in [0.15, 0.2) is 0 Å². The van der Waals surface area contributed by atoms with Gasteiger partial charge in [0.1, 0.15) is 13.2 Å². The molecule has 0 aliphatic rings. The highest BCUT2D eigenvalue weighted by Crippen LogP contribution is 2.38. The van der Waals surface area contributed by atoms with Gasteiger partial charge in [0, 0.05) is 6.42 Å². The van der Waals surface area contributed by atoms with Gasteiger partial charge in [-0.1, -0.05) is 84.5 Å². The summed E-state index contributed by atoms with van der Waals surface area (Å²) in [5.74, 6) is -0.195. The number of aliphatic hydroxyl groups excluding tert-OH is 1. The monoisotopic (exact) mass is 508 g/mol. The summed E-state index contributed by atoms with van der Waals surface area (Å²) in [7, 11) is 1.30. The van der Waals surface area contributed by atoms with E-state index >= 15 is 0 Å². The predicted molar refractivity (Wildman–Crippen MR) is 136 cm³/mol. The minimum absolute atomic E-state index is 0.0132. The van der Waals surface area contributed by atoms with Gasteiger partial charge < -0.3 is 28.8 Å². The number of aliphatic hydroxyl groups is 1. The average molecular weight is 509 g/mol. The first-order chi connectivity index (χ1) is 16.0. The van der Waals surface area contributed by atoms with Crippen LogP contribution < -0.4 is 10.2 Å². The first-order valence-corrected chi connectivity index (χ1v) is 14.8. The third kappa shape index (κ3) is 20.8. The van der Waals surface area contributed by atoms with E-state index in [-0.39, 0.29) is 19.1 Å². The Labute approximate surface area is 209 Å². The van der Waals surface area contributed by atoms with Gasteiger partial charge in [-0.05, 0) is 12.8 Å². The molecule has 0 fully saturated rings. The molecule has 204 valence electrons. The number of nitrogens with one attached hydrogen (secondary N) is 1. The summed E-state index contributed by atoms with van der Waals surface area (Å²) < 4.78 is 22.7. The second-order valence-electron chi connectivity index (χ2n) is 10.4. The minimum Gasteiger partial charge on any atom is -0.756 e. The van der Waals surface area contributed by atoms with E-state index in [1.165, 1.54) is 38.5 Å². The Hall–Kier alpha value is -0.500. The fourth-order valence-corrected chi connectivity index (χ4v) is 4.29. The van der Waals surface area contributed by atoms with Crippen molar-refractivity contribution in [2.75, 3.05) is 40.9 Å². The molecule has 2 N–H and O–H groups in total. The Kier molecular flexibility index (Phi) is 19.4. The number of unbranched alkanes of at least 4 members (excludes halogenated alkanes) is 10. The Morgan fingerprint density at radius 2 is 1.44 bits per heavy atom. The molecule has 0 saturated heterocycles. The molecule has 9 heteroatoms. The van der Waals surface area contributed by atoms with Crippen molar-refractivity contribution in [1.82, 2.24) is 5.32 Å². The first kappa shape index (κ1) is 33.5. The van der Waals surface area contributed by atoms with Crippen LogP contribution in [-0.4, -0.2) is 68.5 Å². The largest absolute Gasteiger partial charge is 0.756 e. The molecule has 0 heterocycles. The summed E-state index contributed by atoms with van der Waals surface area (Å²) in [5.41, 5.74) is 0. The standard InChI is InChI=1S/C25H53N2O6P/c1-6-8-10-11-12-13-14-15-17-18-24(28)23(26-25(29)19-16-9-7-2)22-33-34(30,31)32-21-20-27(3,4)5/h23-24,28H,6-22H2,1-5H3,(H-,26,29,30,31). The first-order valence-electron chi connectivity index (χ1n) is 13.4. The third-order valence-corrected chi connectivity index (χ3v) is 6.81. The van der Waals surface area contributed by atoms with Crippen molar-refractivity contribution in [2.24, 2.45) is 0 Å². The molecule has 0 aromatic heterocycles. The smallest absolute Gasteiger partial charge is 0.268 e. The van der Waals surface area contributed by atoms with Crippen molar-refractivity contribution >= 4 is 13.7 Å². The molecule has 0 saturated carbocycles. The number of likely N-dealkylation sites (N-methyl/N-ethyl adjacent to an activating group) is 1. The number of carbonyl (C=O) groups is 1. The molecule has 0 aromatic carbocycles. The summed E-state index contributed by atoms with van der Waals surface area (Å²) in [4.78, 5) is 24.5. The molecule has 34 heavy (non-hydrogen) atoms. The summed E-state index contributed by atoms with van der Waals surface area (Å²) in [6.45, 7) is 4.47. The van der Waals surface area contributed by atoms with Crippen molar-refractivity contribution in [1.29, 1.82) is 0 Å². The molecule has 0 bridgehead atoms. The Morgan fingerprint density at radius 1 is 0.912 bits per heavy atom. The molecule has 0 rings (SSSR count). The molecule has 0 radical (unpaired) electrons. The molecular formula is C25H53N2O6P. The van der Waals surface area contributed by atoms with Crippen molar-refractivity contribution in [3.8, 4) is 0 Å². The normalized spacial score (nSPS) is 15.6. The van der Waals surface area contributed by atoms with Gasteiger partial charge in [-0.15, -0.1) is 0 Å². The second-order valence-corrected chi connectivity index (χ2v) is 11.8. The van der Waals surface area contributed by atoms with Gasteiger partial charge in [-0.3, -0.25) is 9.36 Å². The van der Waals surface area contributed by atoms with Crippen molar-refractivity contribution in [3.63, 3.8) is 0 Å². The lowest BCUT2D eigenvalue weighted by Gasteiger charge is -2.30. The molecule has 0 aromatic rings. The maximum Gasteiger partial charge on any atom is 0.268 e. The SMILES string of the molecule is CCCCCCCCCCCC(O)C(COP(=O)([O-])OCC[N+](C)(C)C)NC(=O)CCCCC. The van der Waals surface area contributed by atoms with E-state index in [1.807, 2.05) is 21.1 Å². The summed E-state index contributed by atoms with van der Waals surface area (Å²) in [5, 5.41) is 13.5. The molecule has 0 aliphatic heterocycles. The zero-order valence-electron chi connectivity index (χ0n) is 22.6. The van der Waals surface area contributed by atoms with E-state index in [2.05, 4.69) is 19.2 Å². The summed E-state index contributed by atoms with van der Waals surface area (Å²) >= 11 is 0. The van der Waals surface area contributed by atoms with Crippen molar-refractivity contribution in [2.45, 2.75) is 116 Å². The second kappa shape index (κ2) is 19.7. The Bertz CT molecular complexity index is 556. The van der Waals surface area contributed by atoms with Crippen LogP contribution in [0.1, 0.15) is 104 Å². The van der Waals surface area contributed by atoms with E-state index in [9.17, 15) is 19.4 Å². The van der Waals surface area contributed by atoms with Crippen LogP contribution in [0.3, 0.4) is 0 Å². The van der Waals surface area contributed by atoms with Gasteiger partial charge in [0.2, 0.25) is 5.91 Å². The predicted octanol–water partition coefficient (Wildman–Crippen LogP) is 4.54. The van der Waals surface area contributed by atoms with Gasteiger partial charge >= 0.3 is 0 Å². The van der Waals surface area contributed by atoms with E-state index in [4.69, 9.17) is 9.05 Å². The number of carbonyl (C=O) groups excluding carboxylic acids is 1. The summed E-state index contributed by atoms with van der Waals surface area (Å²) in [6, 6.07) is -0.785. The number of amides is 1.